The molecule has 2 aromatic rings. The van der Waals surface area contributed by atoms with Crippen molar-refractivity contribution in [3.8, 4) is 5.75 Å². The number of nitrogens with zero attached hydrogens (tertiary/aromatic N) is 4. The van der Waals surface area contributed by atoms with Gasteiger partial charge in [0.05, 0.1) is 25.0 Å². The van der Waals surface area contributed by atoms with Gasteiger partial charge in [-0.2, -0.15) is 10.2 Å². The van der Waals surface area contributed by atoms with Crippen molar-refractivity contribution in [3.63, 3.8) is 0 Å². The third-order valence-corrected chi connectivity index (χ3v) is 3.41. The second kappa shape index (κ2) is 6.76. The fourth-order valence-electron chi connectivity index (χ4n) is 2.42. The van der Waals surface area contributed by atoms with Gasteiger partial charge in [0.25, 0.3) is 0 Å². The Morgan fingerprint density at radius 3 is 2.67 bits per heavy atom. The van der Waals surface area contributed by atoms with E-state index in [0.717, 1.165) is 30.1 Å². The van der Waals surface area contributed by atoms with Gasteiger partial charge >= 0.3 is 0 Å². The predicted octanol–water partition coefficient (Wildman–Crippen LogP) is 2.30. The molecule has 0 aromatic carbocycles. The fourth-order valence-corrected chi connectivity index (χ4v) is 2.42. The van der Waals surface area contributed by atoms with E-state index in [4.69, 9.17) is 4.74 Å². The van der Waals surface area contributed by atoms with E-state index in [9.17, 15) is 0 Å². The van der Waals surface area contributed by atoms with Crippen LogP contribution in [0.2, 0.25) is 0 Å². The van der Waals surface area contributed by atoms with Crippen LogP contribution >= 0.6 is 0 Å². The zero-order chi connectivity index (χ0) is 15.4. The number of aryl methyl sites for hydroxylation is 1. The molecule has 0 radical (unpaired) electrons. The van der Waals surface area contributed by atoms with E-state index in [1.54, 1.807) is 13.3 Å². The topological polar surface area (TPSA) is 56.9 Å². The van der Waals surface area contributed by atoms with Crippen molar-refractivity contribution in [1.82, 2.24) is 24.9 Å². The number of methoxy groups -OCH3 is 1. The van der Waals surface area contributed by atoms with Gasteiger partial charge in [-0.3, -0.25) is 9.36 Å². The van der Waals surface area contributed by atoms with Crippen LogP contribution in [-0.2, 0) is 7.05 Å². The molecule has 116 valence electrons. The summed E-state index contributed by atoms with van der Waals surface area (Å²) < 4.78 is 9.33. The maximum atomic E-state index is 5.51. The summed E-state index contributed by atoms with van der Waals surface area (Å²) in [4.78, 5) is 0. The monoisotopic (exact) mass is 291 g/mol. The molecular formula is C15H25N5O. The van der Waals surface area contributed by atoms with Crippen LogP contribution < -0.4 is 10.1 Å². The Balaban J connectivity index is 2.47. The Bertz CT molecular complexity index is 572. The highest BCUT2D eigenvalue weighted by Gasteiger charge is 2.26. The third kappa shape index (κ3) is 3.26. The lowest BCUT2D eigenvalue weighted by Crippen LogP contribution is -2.27. The smallest absolute Gasteiger partial charge is 0.162 e. The summed E-state index contributed by atoms with van der Waals surface area (Å²) in [6.07, 6.45) is 4.79. The van der Waals surface area contributed by atoms with Crippen LogP contribution in [0.5, 0.6) is 5.75 Å². The van der Waals surface area contributed by atoms with Crippen molar-refractivity contribution < 1.29 is 4.74 Å². The second-order valence-electron chi connectivity index (χ2n) is 5.44. The van der Waals surface area contributed by atoms with Gasteiger partial charge in [-0.1, -0.05) is 6.92 Å². The standard InChI is InChI=1S/C15H25N5O/c1-6-8-16-14(12-7-9-19(4)18-12)15-13(21-5)10-17-20(15)11(2)3/h7,9-11,14,16H,6,8H2,1-5H3. The van der Waals surface area contributed by atoms with E-state index in [1.807, 2.05) is 28.7 Å². The normalized spacial score (nSPS) is 12.9. The van der Waals surface area contributed by atoms with Crippen LogP contribution in [0.4, 0.5) is 0 Å². The van der Waals surface area contributed by atoms with Crippen LogP contribution in [0, 0.1) is 0 Å². The first-order valence-corrected chi connectivity index (χ1v) is 7.42. The summed E-state index contributed by atoms with van der Waals surface area (Å²) in [5, 5.41) is 12.6. The molecule has 1 N–H and O–H groups in total. The molecule has 0 aliphatic heterocycles. The Kier molecular flexibility index (Phi) is 5.01. The maximum absolute atomic E-state index is 5.51. The molecule has 0 bridgehead atoms. The number of ether oxygens (including phenoxy) is 1. The summed E-state index contributed by atoms with van der Waals surface area (Å²) in [5.74, 6) is 0.794. The Morgan fingerprint density at radius 1 is 1.38 bits per heavy atom. The highest BCUT2D eigenvalue weighted by atomic mass is 16.5. The quantitative estimate of drug-likeness (QED) is 0.850. The summed E-state index contributed by atoms with van der Waals surface area (Å²) in [6, 6.07) is 2.27. The van der Waals surface area contributed by atoms with E-state index in [1.165, 1.54) is 0 Å². The van der Waals surface area contributed by atoms with Gasteiger partial charge in [0.1, 0.15) is 5.69 Å². The number of aromatic nitrogens is 4. The highest BCUT2D eigenvalue weighted by molar-refractivity contribution is 5.34. The molecule has 0 amide bonds. The molecule has 1 atom stereocenters. The van der Waals surface area contributed by atoms with Crippen molar-refractivity contribution in [2.75, 3.05) is 13.7 Å². The molecule has 21 heavy (non-hydrogen) atoms. The first-order chi connectivity index (χ1) is 10.1. The predicted molar refractivity (Wildman–Crippen MR) is 82.5 cm³/mol. The van der Waals surface area contributed by atoms with Gasteiger partial charge < -0.3 is 10.1 Å². The number of hydrogen-bond acceptors (Lipinski definition) is 4. The molecule has 0 saturated carbocycles. The zero-order valence-electron chi connectivity index (χ0n) is 13.5. The maximum Gasteiger partial charge on any atom is 0.162 e. The van der Waals surface area contributed by atoms with Crippen molar-refractivity contribution in [3.05, 3.63) is 29.8 Å². The van der Waals surface area contributed by atoms with Gasteiger partial charge in [-0.05, 0) is 32.9 Å². The molecule has 0 spiro atoms. The molecule has 0 aliphatic rings. The number of rotatable bonds is 7. The average Bonchev–Trinajstić information content (AvgIpc) is 3.06. The Labute approximate surface area is 126 Å². The minimum atomic E-state index is -0.0222. The molecule has 6 heteroatoms. The molecule has 1 unspecified atom stereocenters. The summed E-state index contributed by atoms with van der Waals surface area (Å²) >= 11 is 0. The van der Waals surface area contributed by atoms with E-state index < -0.39 is 0 Å². The summed E-state index contributed by atoms with van der Waals surface area (Å²) in [5.41, 5.74) is 2.01. The number of nitrogens with one attached hydrogen (secondary N) is 1. The minimum Gasteiger partial charge on any atom is -0.493 e. The molecular weight excluding hydrogens is 266 g/mol. The van der Waals surface area contributed by atoms with Crippen LogP contribution in [0.25, 0.3) is 0 Å². The molecule has 6 nitrogen and oxygen atoms in total. The van der Waals surface area contributed by atoms with Crippen LogP contribution in [0.15, 0.2) is 18.5 Å². The lowest BCUT2D eigenvalue weighted by atomic mass is 10.1. The summed E-state index contributed by atoms with van der Waals surface area (Å²) in [7, 11) is 3.61. The van der Waals surface area contributed by atoms with Crippen molar-refractivity contribution in [1.29, 1.82) is 0 Å². The first kappa shape index (κ1) is 15.6. The molecule has 0 saturated heterocycles. The first-order valence-electron chi connectivity index (χ1n) is 7.42. The van der Waals surface area contributed by atoms with Crippen molar-refractivity contribution in [2.24, 2.45) is 7.05 Å². The highest BCUT2D eigenvalue weighted by Crippen LogP contribution is 2.31. The van der Waals surface area contributed by atoms with Crippen LogP contribution in [0.3, 0.4) is 0 Å². The zero-order valence-corrected chi connectivity index (χ0v) is 13.5. The second-order valence-corrected chi connectivity index (χ2v) is 5.44. The van der Waals surface area contributed by atoms with E-state index >= 15 is 0 Å². The lowest BCUT2D eigenvalue weighted by molar-refractivity contribution is 0.391. The molecule has 2 heterocycles. The SMILES string of the molecule is CCCNC(c1ccn(C)n1)c1c(OC)cnn1C(C)C. The summed E-state index contributed by atoms with van der Waals surface area (Å²) in [6.45, 7) is 7.30. The third-order valence-electron chi connectivity index (χ3n) is 3.41. The van der Waals surface area contributed by atoms with Crippen LogP contribution in [-0.4, -0.2) is 33.2 Å². The van der Waals surface area contributed by atoms with Crippen molar-refractivity contribution in [2.45, 2.75) is 39.3 Å². The van der Waals surface area contributed by atoms with Crippen molar-refractivity contribution >= 4 is 0 Å². The van der Waals surface area contributed by atoms with Gasteiger partial charge in [0.2, 0.25) is 0 Å². The van der Waals surface area contributed by atoms with E-state index in [-0.39, 0.29) is 12.1 Å². The largest absolute Gasteiger partial charge is 0.493 e. The van der Waals surface area contributed by atoms with Gasteiger partial charge in [-0.15, -0.1) is 0 Å². The molecule has 0 fully saturated rings. The minimum absolute atomic E-state index is 0.0222. The van der Waals surface area contributed by atoms with Crippen LogP contribution in [0.1, 0.15) is 50.7 Å². The average molecular weight is 291 g/mol. The van der Waals surface area contributed by atoms with Gasteiger partial charge in [0.15, 0.2) is 5.75 Å². The van der Waals surface area contributed by atoms with E-state index in [2.05, 4.69) is 36.3 Å². The van der Waals surface area contributed by atoms with E-state index in [0.29, 0.717) is 0 Å². The fraction of sp³-hybridized carbons (Fsp3) is 0.600. The molecule has 2 rings (SSSR count). The number of hydrogen-bond donors (Lipinski definition) is 1. The Morgan fingerprint density at radius 2 is 2.14 bits per heavy atom. The van der Waals surface area contributed by atoms with Gasteiger partial charge in [-0.25, -0.2) is 0 Å². The lowest BCUT2D eigenvalue weighted by Gasteiger charge is -2.21. The Hall–Kier alpha value is -1.82. The van der Waals surface area contributed by atoms with Gasteiger partial charge in [0, 0.05) is 19.3 Å². The molecule has 2 aromatic heterocycles. The molecule has 0 aliphatic carbocycles.